The van der Waals surface area contributed by atoms with Gasteiger partial charge in [-0.3, -0.25) is 19.5 Å². The first-order valence-electron chi connectivity index (χ1n) is 8.96. The molecular weight excluding hydrogens is 308 g/mol. The normalized spacial score (nSPS) is 23.1. The molecule has 2 fully saturated rings. The highest BCUT2D eigenvalue weighted by molar-refractivity contribution is 5.78. The molecule has 3 N–H and O–H groups in total. The Morgan fingerprint density at radius 1 is 1.17 bits per heavy atom. The number of aromatic amines is 2. The zero-order chi connectivity index (χ0) is 16.9. The molecule has 0 radical (unpaired) electrons. The predicted molar refractivity (Wildman–Crippen MR) is 90.7 cm³/mol. The predicted octanol–water partition coefficient (Wildman–Crippen LogP) is 0.724. The first-order valence-corrected chi connectivity index (χ1v) is 8.96. The fraction of sp³-hybridized carbons (Fsp3) is 0.706. The third kappa shape index (κ3) is 4.14. The van der Waals surface area contributed by atoms with Crippen molar-refractivity contribution in [2.24, 2.45) is 5.92 Å². The number of H-pyrrole nitrogens is 2. The Balaban J connectivity index is 1.54. The lowest BCUT2D eigenvalue weighted by molar-refractivity contribution is -0.127. The maximum absolute atomic E-state index is 12.5. The molecule has 3 rings (SSSR count). The minimum atomic E-state index is -0.537. The van der Waals surface area contributed by atoms with Gasteiger partial charge in [0, 0.05) is 25.3 Å². The van der Waals surface area contributed by atoms with Crippen LogP contribution in [0.2, 0.25) is 0 Å². The van der Waals surface area contributed by atoms with E-state index in [1.54, 1.807) is 0 Å². The Morgan fingerprint density at radius 3 is 2.71 bits per heavy atom. The molecule has 0 unspecified atom stereocenters. The van der Waals surface area contributed by atoms with Crippen molar-refractivity contribution in [3.8, 4) is 0 Å². The van der Waals surface area contributed by atoms with Gasteiger partial charge in [-0.1, -0.05) is 19.3 Å². The van der Waals surface area contributed by atoms with E-state index in [-0.39, 0.29) is 18.4 Å². The summed E-state index contributed by atoms with van der Waals surface area (Å²) in [7, 11) is 0. The van der Waals surface area contributed by atoms with Gasteiger partial charge in [0.2, 0.25) is 5.91 Å². The summed E-state index contributed by atoms with van der Waals surface area (Å²) in [5.41, 5.74) is -0.625. The highest BCUT2D eigenvalue weighted by Gasteiger charge is 2.30. The lowest BCUT2D eigenvalue weighted by atomic mass is 9.90. The largest absolute Gasteiger partial charge is 0.351 e. The first kappa shape index (κ1) is 17.0. The lowest BCUT2D eigenvalue weighted by Crippen LogP contribution is -2.47. The molecule has 24 heavy (non-hydrogen) atoms. The summed E-state index contributed by atoms with van der Waals surface area (Å²) >= 11 is 0. The molecule has 1 saturated carbocycles. The molecule has 0 aromatic carbocycles. The molecular formula is C17H26N4O3. The zero-order valence-electron chi connectivity index (χ0n) is 14.0. The smallest absolute Gasteiger partial charge is 0.325 e. The average Bonchev–Trinajstić information content (AvgIpc) is 2.61. The number of carbonyl (C=O) groups excluding carboxylic acids is 1. The Hall–Kier alpha value is -1.89. The fourth-order valence-electron chi connectivity index (χ4n) is 3.89. The molecule has 0 bridgehead atoms. The van der Waals surface area contributed by atoms with E-state index in [9.17, 15) is 14.4 Å². The zero-order valence-corrected chi connectivity index (χ0v) is 14.0. The topological polar surface area (TPSA) is 98.1 Å². The van der Waals surface area contributed by atoms with Crippen LogP contribution in [0.4, 0.5) is 0 Å². The van der Waals surface area contributed by atoms with Crippen LogP contribution in [0.1, 0.15) is 50.5 Å². The van der Waals surface area contributed by atoms with Gasteiger partial charge in [-0.15, -0.1) is 0 Å². The van der Waals surface area contributed by atoms with Crippen LogP contribution in [-0.4, -0.2) is 39.9 Å². The summed E-state index contributed by atoms with van der Waals surface area (Å²) < 4.78 is 0. The standard InChI is InChI=1S/C17H26N4O3/c22-15(18-9-13-10-19-17(24)20-16(13)23)12-5-4-8-21(11-12)14-6-2-1-3-7-14/h10,12,14H,1-9,11H2,(H,18,22)(H2,19,20,23,24)/t12-/m0/s1. The number of nitrogens with zero attached hydrogens (tertiary/aromatic N) is 1. The van der Waals surface area contributed by atoms with E-state index in [0.717, 1.165) is 25.9 Å². The molecule has 1 aromatic rings. The Bertz CT molecular complexity index is 675. The van der Waals surface area contributed by atoms with Crippen molar-refractivity contribution in [1.29, 1.82) is 0 Å². The Labute approximate surface area is 140 Å². The van der Waals surface area contributed by atoms with Crippen molar-refractivity contribution in [2.75, 3.05) is 13.1 Å². The van der Waals surface area contributed by atoms with E-state index in [1.165, 1.54) is 38.3 Å². The van der Waals surface area contributed by atoms with Gasteiger partial charge in [0.15, 0.2) is 0 Å². The molecule has 7 nitrogen and oxygen atoms in total. The van der Waals surface area contributed by atoms with E-state index < -0.39 is 11.2 Å². The summed E-state index contributed by atoms with van der Waals surface area (Å²) in [6, 6.07) is 0.636. The minimum absolute atomic E-state index is 0.00103. The maximum atomic E-state index is 12.5. The van der Waals surface area contributed by atoms with Crippen molar-refractivity contribution < 1.29 is 4.79 Å². The quantitative estimate of drug-likeness (QED) is 0.756. The molecule has 0 spiro atoms. The van der Waals surface area contributed by atoms with Crippen LogP contribution in [0.3, 0.4) is 0 Å². The molecule has 1 aliphatic heterocycles. The van der Waals surface area contributed by atoms with E-state index in [1.807, 2.05) is 0 Å². The molecule has 1 aliphatic carbocycles. The van der Waals surface area contributed by atoms with E-state index in [0.29, 0.717) is 11.6 Å². The van der Waals surface area contributed by atoms with Crippen LogP contribution >= 0.6 is 0 Å². The van der Waals surface area contributed by atoms with Gasteiger partial charge in [0.1, 0.15) is 0 Å². The van der Waals surface area contributed by atoms with Gasteiger partial charge in [-0.2, -0.15) is 0 Å². The molecule has 2 heterocycles. The molecule has 1 amide bonds. The minimum Gasteiger partial charge on any atom is -0.351 e. The van der Waals surface area contributed by atoms with Gasteiger partial charge in [0.05, 0.1) is 11.5 Å². The van der Waals surface area contributed by atoms with Crippen LogP contribution in [0.5, 0.6) is 0 Å². The number of carbonyl (C=O) groups is 1. The van der Waals surface area contributed by atoms with Crippen molar-refractivity contribution in [3.05, 3.63) is 32.6 Å². The van der Waals surface area contributed by atoms with Crippen LogP contribution in [0, 0.1) is 5.92 Å². The number of hydrogen-bond acceptors (Lipinski definition) is 4. The molecule has 2 aliphatic rings. The Kier molecular flexibility index (Phi) is 5.50. The number of amides is 1. The van der Waals surface area contributed by atoms with Crippen LogP contribution in [0.25, 0.3) is 0 Å². The van der Waals surface area contributed by atoms with E-state index in [4.69, 9.17) is 0 Å². The molecule has 132 valence electrons. The molecule has 7 heteroatoms. The monoisotopic (exact) mass is 334 g/mol. The van der Waals surface area contributed by atoms with Crippen molar-refractivity contribution >= 4 is 5.91 Å². The summed E-state index contributed by atoms with van der Waals surface area (Å²) in [5.74, 6) is -0.0105. The number of rotatable bonds is 4. The van der Waals surface area contributed by atoms with Gasteiger partial charge >= 0.3 is 5.69 Å². The van der Waals surface area contributed by atoms with Gasteiger partial charge in [-0.05, 0) is 32.2 Å². The summed E-state index contributed by atoms with van der Waals surface area (Å²) in [4.78, 5) is 42.2. The summed E-state index contributed by atoms with van der Waals surface area (Å²) in [6.07, 6.45) is 9.74. The second-order valence-corrected chi connectivity index (χ2v) is 6.94. The second kappa shape index (κ2) is 7.79. The highest BCUT2D eigenvalue weighted by Crippen LogP contribution is 2.27. The molecule has 1 atom stereocenters. The number of piperidine rings is 1. The maximum Gasteiger partial charge on any atom is 0.325 e. The van der Waals surface area contributed by atoms with E-state index >= 15 is 0 Å². The fourth-order valence-corrected chi connectivity index (χ4v) is 3.89. The number of nitrogens with one attached hydrogen (secondary N) is 3. The van der Waals surface area contributed by atoms with Crippen LogP contribution < -0.4 is 16.6 Å². The SMILES string of the molecule is O=C(NCc1c[nH]c(=O)[nH]c1=O)[C@H]1CCCN(C2CCCCC2)C1. The molecule has 1 aromatic heterocycles. The van der Waals surface area contributed by atoms with Crippen molar-refractivity contribution in [1.82, 2.24) is 20.2 Å². The van der Waals surface area contributed by atoms with Gasteiger partial charge in [-0.25, -0.2) is 4.79 Å². The number of hydrogen-bond donors (Lipinski definition) is 3. The lowest BCUT2D eigenvalue weighted by Gasteiger charge is -2.39. The van der Waals surface area contributed by atoms with Crippen molar-refractivity contribution in [3.63, 3.8) is 0 Å². The third-order valence-corrected chi connectivity index (χ3v) is 5.26. The van der Waals surface area contributed by atoms with Crippen LogP contribution in [0.15, 0.2) is 15.8 Å². The van der Waals surface area contributed by atoms with Gasteiger partial charge < -0.3 is 10.3 Å². The summed E-state index contributed by atoms with van der Waals surface area (Å²) in [6.45, 7) is 2.05. The second-order valence-electron chi connectivity index (χ2n) is 6.94. The Morgan fingerprint density at radius 2 is 1.96 bits per heavy atom. The third-order valence-electron chi connectivity index (χ3n) is 5.26. The average molecular weight is 334 g/mol. The number of aromatic nitrogens is 2. The highest BCUT2D eigenvalue weighted by atomic mass is 16.2. The molecule has 1 saturated heterocycles. The van der Waals surface area contributed by atoms with Gasteiger partial charge in [0.25, 0.3) is 5.56 Å². The van der Waals surface area contributed by atoms with Crippen molar-refractivity contribution in [2.45, 2.75) is 57.5 Å². The number of likely N-dealkylation sites (tertiary alicyclic amines) is 1. The van der Waals surface area contributed by atoms with Crippen LogP contribution in [-0.2, 0) is 11.3 Å². The first-order chi connectivity index (χ1) is 11.6. The van der Waals surface area contributed by atoms with E-state index in [2.05, 4.69) is 20.2 Å². The summed E-state index contributed by atoms with van der Waals surface area (Å²) in [5, 5.41) is 2.84.